The number of sulfonamides is 1. The molecule has 2 N–H and O–H groups in total. The van der Waals surface area contributed by atoms with Crippen molar-refractivity contribution in [3.05, 3.63) is 64.7 Å². The van der Waals surface area contributed by atoms with Gasteiger partial charge in [-0.1, -0.05) is 42.0 Å². The maximum absolute atomic E-state index is 12.4. The number of amides is 1. The van der Waals surface area contributed by atoms with Crippen molar-refractivity contribution in [2.75, 3.05) is 6.54 Å². The highest BCUT2D eigenvalue weighted by atomic mass is 32.2. The van der Waals surface area contributed by atoms with E-state index in [4.69, 9.17) is 0 Å². The standard InChI is InChI=1S/C20H26N2O3S/c1-14-6-9-18(10-7-14)17(4)22-20(23)11-12-21-26(24,25)19-13-15(2)5-8-16(19)3/h5-10,13,17,21H,11-12H2,1-4H3,(H,22,23). The van der Waals surface area contributed by atoms with E-state index in [1.165, 1.54) is 0 Å². The Hall–Kier alpha value is -2.18. The van der Waals surface area contributed by atoms with Gasteiger partial charge in [0.1, 0.15) is 0 Å². The van der Waals surface area contributed by atoms with Gasteiger partial charge < -0.3 is 5.32 Å². The molecule has 2 aromatic carbocycles. The fourth-order valence-corrected chi connectivity index (χ4v) is 3.98. The number of nitrogens with one attached hydrogen (secondary N) is 2. The van der Waals surface area contributed by atoms with E-state index in [9.17, 15) is 13.2 Å². The fourth-order valence-electron chi connectivity index (χ4n) is 2.63. The number of hydrogen-bond donors (Lipinski definition) is 2. The van der Waals surface area contributed by atoms with E-state index in [1.807, 2.05) is 51.1 Å². The molecule has 0 fully saturated rings. The molecule has 140 valence electrons. The maximum atomic E-state index is 12.4. The van der Waals surface area contributed by atoms with Crippen molar-refractivity contribution >= 4 is 15.9 Å². The van der Waals surface area contributed by atoms with Crippen LogP contribution in [0.15, 0.2) is 47.4 Å². The van der Waals surface area contributed by atoms with Crippen molar-refractivity contribution < 1.29 is 13.2 Å². The lowest BCUT2D eigenvalue weighted by molar-refractivity contribution is -0.121. The Bertz CT molecular complexity index is 874. The van der Waals surface area contributed by atoms with E-state index in [1.54, 1.807) is 19.1 Å². The summed E-state index contributed by atoms with van der Waals surface area (Å²) in [4.78, 5) is 12.3. The Morgan fingerprint density at radius 2 is 1.62 bits per heavy atom. The van der Waals surface area contributed by atoms with E-state index in [0.29, 0.717) is 5.56 Å². The second-order valence-corrected chi connectivity index (χ2v) is 8.35. The zero-order valence-corrected chi connectivity index (χ0v) is 16.5. The minimum absolute atomic E-state index is 0.0577. The van der Waals surface area contributed by atoms with Gasteiger partial charge in [0.15, 0.2) is 0 Å². The summed E-state index contributed by atoms with van der Waals surface area (Å²) in [6.45, 7) is 7.57. The minimum atomic E-state index is -3.62. The monoisotopic (exact) mass is 374 g/mol. The van der Waals surface area contributed by atoms with Crippen LogP contribution in [0.5, 0.6) is 0 Å². The molecule has 2 rings (SSSR count). The van der Waals surface area contributed by atoms with Crippen LogP contribution in [0.2, 0.25) is 0 Å². The van der Waals surface area contributed by atoms with E-state index >= 15 is 0 Å². The molecule has 0 heterocycles. The highest BCUT2D eigenvalue weighted by Crippen LogP contribution is 2.16. The predicted molar refractivity (Wildman–Crippen MR) is 103 cm³/mol. The van der Waals surface area contributed by atoms with Crippen molar-refractivity contribution in [2.45, 2.75) is 45.1 Å². The second kappa shape index (κ2) is 8.47. The van der Waals surface area contributed by atoms with Crippen LogP contribution in [0.25, 0.3) is 0 Å². The van der Waals surface area contributed by atoms with Crippen molar-refractivity contribution in [1.82, 2.24) is 10.0 Å². The lowest BCUT2D eigenvalue weighted by atomic mass is 10.1. The normalized spacial score (nSPS) is 12.6. The number of aryl methyl sites for hydroxylation is 3. The summed E-state index contributed by atoms with van der Waals surface area (Å²) in [5.41, 5.74) is 3.73. The Balaban J connectivity index is 1.89. The molecule has 0 radical (unpaired) electrons. The van der Waals surface area contributed by atoms with Crippen molar-refractivity contribution in [3.63, 3.8) is 0 Å². The smallest absolute Gasteiger partial charge is 0.240 e. The topological polar surface area (TPSA) is 75.3 Å². The lowest BCUT2D eigenvalue weighted by Crippen LogP contribution is -2.32. The van der Waals surface area contributed by atoms with Crippen LogP contribution in [-0.2, 0) is 14.8 Å². The molecule has 6 heteroatoms. The van der Waals surface area contributed by atoms with Gasteiger partial charge in [0, 0.05) is 13.0 Å². The molecule has 2 aromatic rings. The summed E-state index contributed by atoms with van der Waals surface area (Å²) in [7, 11) is -3.62. The molecule has 0 aromatic heterocycles. The highest BCUT2D eigenvalue weighted by molar-refractivity contribution is 7.89. The van der Waals surface area contributed by atoms with E-state index in [-0.39, 0.29) is 29.8 Å². The van der Waals surface area contributed by atoms with E-state index in [2.05, 4.69) is 10.0 Å². The quantitative estimate of drug-likeness (QED) is 0.782. The Morgan fingerprint density at radius 3 is 2.27 bits per heavy atom. The number of benzene rings is 2. The van der Waals surface area contributed by atoms with Crippen LogP contribution < -0.4 is 10.0 Å². The molecule has 0 aliphatic carbocycles. The van der Waals surface area contributed by atoms with Crippen LogP contribution in [-0.4, -0.2) is 20.9 Å². The Kier molecular flexibility index (Phi) is 6.56. The predicted octanol–water partition coefficient (Wildman–Crippen LogP) is 3.16. The Morgan fingerprint density at radius 1 is 1.00 bits per heavy atom. The fraction of sp³-hybridized carbons (Fsp3) is 0.350. The third-order valence-corrected chi connectivity index (χ3v) is 5.84. The number of carbonyl (C=O) groups is 1. The zero-order chi connectivity index (χ0) is 19.3. The van der Waals surface area contributed by atoms with Gasteiger partial charge in [0.25, 0.3) is 0 Å². The average molecular weight is 375 g/mol. The zero-order valence-electron chi connectivity index (χ0n) is 15.7. The van der Waals surface area contributed by atoms with Gasteiger partial charge in [-0.2, -0.15) is 0 Å². The molecule has 5 nitrogen and oxygen atoms in total. The largest absolute Gasteiger partial charge is 0.350 e. The van der Waals surface area contributed by atoms with E-state index in [0.717, 1.165) is 16.7 Å². The van der Waals surface area contributed by atoms with Crippen molar-refractivity contribution in [1.29, 1.82) is 0 Å². The molecule has 0 aliphatic heterocycles. The molecule has 0 saturated carbocycles. The van der Waals surface area contributed by atoms with Crippen molar-refractivity contribution in [2.24, 2.45) is 0 Å². The highest BCUT2D eigenvalue weighted by Gasteiger charge is 2.17. The lowest BCUT2D eigenvalue weighted by Gasteiger charge is -2.15. The molecule has 0 spiro atoms. The first-order valence-corrected chi connectivity index (χ1v) is 10.1. The first-order chi connectivity index (χ1) is 12.2. The SMILES string of the molecule is Cc1ccc(C(C)NC(=O)CCNS(=O)(=O)c2cc(C)ccc2C)cc1. The van der Waals surface area contributed by atoms with Crippen LogP contribution in [0.3, 0.4) is 0 Å². The third-order valence-electron chi connectivity index (χ3n) is 4.23. The molecule has 1 atom stereocenters. The van der Waals surface area contributed by atoms with Gasteiger partial charge in [0.2, 0.25) is 15.9 Å². The van der Waals surface area contributed by atoms with Gasteiger partial charge in [-0.15, -0.1) is 0 Å². The molecule has 0 aliphatic rings. The number of hydrogen-bond acceptors (Lipinski definition) is 3. The number of rotatable bonds is 7. The van der Waals surface area contributed by atoms with Crippen molar-refractivity contribution in [3.8, 4) is 0 Å². The number of carbonyl (C=O) groups excluding carboxylic acids is 1. The summed E-state index contributed by atoms with van der Waals surface area (Å²) in [5.74, 6) is -0.193. The first kappa shape index (κ1) is 20.1. The van der Waals surface area contributed by atoms with Crippen LogP contribution in [0.4, 0.5) is 0 Å². The molecule has 26 heavy (non-hydrogen) atoms. The van der Waals surface area contributed by atoms with Crippen LogP contribution in [0, 0.1) is 20.8 Å². The van der Waals surface area contributed by atoms with Gasteiger partial charge in [-0.3, -0.25) is 4.79 Å². The first-order valence-electron chi connectivity index (χ1n) is 8.62. The second-order valence-electron chi connectivity index (χ2n) is 6.62. The molecule has 1 amide bonds. The summed E-state index contributed by atoms with van der Waals surface area (Å²) in [6, 6.07) is 13.1. The maximum Gasteiger partial charge on any atom is 0.240 e. The minimum Gasteiger partial charge on any atom is -0.350 e. The molecule has 1 unspecified atom stereocenters. The van der Waals surface area contributed by atoms with Gasteiger partial charge in [-0.05, 0) is 50.5 Å². The van der Waals surface area contributed by atoms with Crippen LogP contribution in [0.1, 0.15) is 41.6 Å². The summed E-state index contributed by atoms with van der Waals surface area (Å²) in [6.07, 6.45) is 0.0836. The van der Waals surface area contributed by atoms with Crippen LogP contribution >= 0.6 is 0 Å². The average Bonchev–Trinajstić information content (AvgIpc) is 2.57. The molecular formula is C20H26N2O3S. The van der Waals surface area contributed by atoms with E-state index < -0.39 is 10.0 Å². The van der Waals surface area contributed by atoms with Gasteiger partial charge in [0.05, 0.1) is 10.9 Å². The molecule has 0 bridgehead atoms. The summed E-state index contributed by atoms with van der Waals surface area (Å²) >= 11 is 0. The molecular weight excluding hydrogens is 348 g/mol. The van der Waals surface area contributed by atoms with Gasteiger partial charge in [-0.25, -0.2) is 13.1 Å². The Labute approximate surface area is 155 Å². The summed E-state index contributed by atoms with van der Waals surface area (Å²) < 4.78 is 27.3. The molecule has 0 saturated heterocycles. The summed E-state index contributed by atoms with van der Waals surface area (Å²) in [5, 5.41) is 2.89. The van der Waals surface area contributed by atoms with Gasteiger partial charge >= 0.3 is 0 Å². The third kappa shape index (κ3) is 5.41.